The van der Waals surface area contributed by atoms with Gasteiger partial charge in [-0.1, -0.05) is 24.3 Å². The summed E-state index contributed by atoms with van der Waals surface area (Å²) in [7, 11) is 0. The third-order valence-electron chi connectivity index (χ3n) is 3.85. The number of aromatic nitrogens is 1. The molecular weight excluding hydrogens is 296 g/mol. The Morgan fingerprint density at radius 1 is 1.13 bits per heavy atom. The molecule has 1 aliphatic heterocycles. The maximum Gasteiger partial charge on any atom is 0.339 e. The molecule has 2 heterocycles. The van der Waals surface area contributed by atoms with Crippen molar-refractivity contribution in [3.05, 3.63) is 70.7 Å². The van der Waals surface area contributed by atoms with Crippen LogP contribution >= 0.6 is 0 Å². The van der Waals surface area contributed by atoms with Gasteiger partial charge in [-0.2, -0.15) is 4.73 Å². The molecular formula is C17H16N2O4. The van der Waals surface area contributed by atoms with E-state index in [9.17, 15) is 14.8 Å². The first-order valence-corrected chi connectivity index (χ1v) is 7.34. The number of benzene rings is 1. The first-order valence-electron chi connectivity index (χ1n) is 7.34. The van der Waals surface area contributed by atoms with Gasteiger partial charge in [-0.05, 0) is 17.5 Å². The Morgan fingerprint density at radius 3 is 2.57 bits per heavy atom. The predicted octanol–water partition coefficient (Wildman–Crippen LogP) is 1.06. The summed E-state index contributed by atoms with van der Waals surface area (Å²) in [5.41, 5.74) is 2.62. The molecule has 1 aliphatic rings. The van der Waals surface area contributed by atoms with Crippen LogP contribution in [0.3, 0.4) is 0 Å². The van der Waals surface area contributed by atoms with E-state index < -0.39 is 5.97 Å². The highest BCUT2D eigenvalue weighted by atomic mass is 16.5. The van der Waals surface area contributed by atoms with Crippen molar-refractivity contribution in [2.75, 3.05) is 13.2 Å². The number of nitrogens with zero attached hydrogens (tertiary/aromatic N) is 2. The number of esters is 1. The van der Waals surface area contributed by atoms with E-state index in [1.807, 2.05) is 18.2 Å². The van der Waals surface area contributed by atoms with E-state index in [-0.39, 0.29) is 18.1 Å². The molecule has 0 bridgehead atoms. The zero-order valence-electron chi connectivity index (χ0n) is 12.5. The Balaban J connectivity index is 1.56. The summed E-state index contributed by atoms with van der Waals surface area (Å²) in [4.78, 5) is 25.7. The van der Waals surface area contributed by atoms with E-state index in [1.165, 1.54) is 30.1 Å². The molecule has 23 heavy (non-hydrogen) atoms. The highest BCUT2D eigenvalue weighted by Gasteiger charge is 2.21. The van der Waals surface area contributed by atoms with Gasteiger partial charge in [0.05, 0.1) is 5.56 Å². The van der Waals surface area contributed by atoms with Crippen molar-refractivity contribution in [2.45, 2.75) is 13.0 Å². The predicted molar refractivity (Wildman–Crippen MR) is 81.2 cm³/mol. The quantitative estimate of drug-likeness (QED) is 0.482. The highest BCUT2D eigenvalue weighted by molar-refractivity contribution is 5.91. The zero-order chi connectivity index (χ0) is 16.2. The molecule has 2 aromatic rings. The van der Waals surface area contributed by atoms with Crippen LogP contribution in [0.5, 0.6) is 0 Å². The Kier molecular flexibility index (Phi) is 4.23. The summed E-state index contributed by atoms with van der Waals surface area (Å²) in [5.74, 6) is -0.834. The molecule has 0 spiro atoms. The second kappa shape index (κ2) is 6.48. The van der Waals surface area contributed by atoms with Crippen LogP contribution in [0, 0.1) is 5.21 Å². The Hall–Kier alpha value is -2.89. The standard InChI is InChI=1S/C17H16N2O4/c20-16(12-23-17(21)14-6-9-19(22)10-7-14)18-8-5-13-3-1-2-4-15(13)11-18/h1-4,6-7,9-10H,5,8,11-12H2. The van der Waals surface area contributed by atoms with Gasteiger partial charge in [0.1, 0.15) is 0 Å². The van der Waals surface area contributed by atoms with Crippen LogP contribution in [0.2, 0.25) is 0 Å². The topological polar surface area (TPSA) is 73.6 Å². The molecule has 6 heteroatoms. The molecule has 118 valence electrons. The molecule has 1 amide bonds. The maximum absolute atomic E-state index is 12.2. The molecule has 0 saturated carbocycles. The average molecular weight is 312 g/mol. The van der Waals surface area contributed by atoms with Gasteiger partial charge in [0, 0.05) is 25.2 Å². The van der Waals surface area contributed by atoms with E-state index in [1.54, 1.807) is 4.90 Å². The van der Waals surface area contributed by atoms with Gasteiger partial charge in [-0.3, -0.25) is 4.79 Å². The molecule has 6 nitrogen and oxygen atoms in total. The number of fused-ring (bicyclic) bond motifs is 1. The minimum atomic E-state index is -0.614. The molecule has 0 aliphatic carbocycles. The van der Waals surface area contributed by atoms with Crippen molar-refractivity contribution < 1.29 is 19.1 Å². The number of amides is 1. The summed E-state index contributed by atoms with van der Waals surface area (Å²) in [5, 5.41) is 10.9. The monoisotopic (exact) mass is 312 g/mol. The van der Waals surface area contributed by atoms with Crippen molar-refractivity contribution >= 4 is 11.9 Å². The lowest BCUT2D eigenvalue weighted by atomic mass is 10.00. The van der Waals surface area contributed by atoms with E-state index in [2.05, 4.69) is 6.07 Å². The molecule has 1 aromatic carbocycles. The van der Waals surface area contributed by atoms with Gasteiger partial charge < -0.3 is 14.8 Å². The number of hydrogen-bond donors (Lipinski definition) is 0. The first kappa shape index (κ1) is 15.0. The first-order chi connectivity index (χ1) is 11.1. The van der Waals surface area contributed by atoms with E-state index in [4.69, 9.17) is 4.74 Å². The number of carbonyl (C=O) groups is 2. The summed E-state index contributed by atoms with van der Waals surface area (Å²) < 4.78 is 5.61. The summed E-state index contributed by atoms with van der Waals surface area (Å²) >= 11 is 0. The fraction of sp³-hybridized carbons (Fsp3) is 0.235. The average Bonchev–Trinajstić information content (AvgIpc) is 2.59. The van der Waals surface area contributed by atoms with E-state index >= 15 is 0 Å². The summed E-state index contributed by atoms with van der Waals surface area (Å²) in [6.07, 6.45) is 3.22. The minimum absolute atomic E-state index is 0.220. The van der Waals surface area contributed by atoms with Gasteiger partial charge in [-0.25, -0.2) is 4.79 Å². The number of carbonyl (C=O) groups excluding carboxylic acids is 2. The summed E-state index contributed by atoms with van der Waals surface area (Å²) in [6, 6.07) is 10.7. The molecule has 0 atom stereocenters. The van der Waals surface area contributed by atoms with Gasteiger partial charge in [-0.15, -0.1) is 0 Å². The maximum atomic E-state index is 12.2. The molecule has 0 unspecified atom stereocenters. The van der Waals surface area contributed by atoms with E-state index in [0.717, 1.165) is 12.0 Å². The number of hydrogen-bond acceptors (Lipinski definition) is 4. The van der Waals surface area contributed by atoms with Crippen molar-refractivity contribution in [3.63, 3.8) is 0 Å². The van der Waals surface area contributed by atoms with Gasteiger partial charge in [0.15, 0.2) is 19.0 Å². The molecule has 3 rings (SSSR count). The van der Waals surface area contributed by atoms with Gasteiger partial charge in [0.2, 0.25) is 0 Å². The van der Waals surface area contributed by atoms with Crippen LogP contribution in [0.1, 0.15) is 21.5 Å². The van der Waals surface area contributed by atoms with Gasteiger partial charge in [0.25, 0.3) is 5.91 Å². The SMILES string of the molecule is O=C(OCC(=O)N1CCc2ccccc2C1)c1cc[n+]([O-])cc1. The van der Waals surface area contributed by atoms with Crippen molar-refractivity contribution in [1.29, 1.82) is 0 Å². The molecule has 0 radical (unpaired) electrons. The minimum Gasteiger partial charge on any atom is -0.619 e. The summed E-state index contributed by atoms with van der Waals surface area (Å²) in [6.45, 7) is 0.857. The fourth-order valence-electron chi connectivity index (χ4n) is 2.56. The normalized spacial score (nSPS) is 13.3. The van der Waals surface area contributed by atoms with Crippen LogP contribution in [-0.2, 0) is 22.5 Å². The third kappa shape index (κ3) is 3.48. The van der Waals surface area contributed by atoms with Crippen LogP contribution in [0.25, 0.3) is 0 Å². The molecule has 0 fully saturated rings. The lowest BCUT2D eigenvalue weighted by molar-refractivity contribution is -0.605. The van der Waals surface area contributed by atoms with Crippen LogP contribution in [-0.4, -0.2) is 29.9 Å². The second-order valence-corrected chi connectivity index (χ2v) is 5.36. The van der Waals surface area contributed by atoms with Crippen molar-refractivity contribution in [3.8, 4) is 0 Å². The number of rotatable bonds is 3. The number of ether oxygens (including phenoxy) is 1. The smallest absolute Gasteiger partial charge is 0.339 e. The van der Waals surface area contributed by atoms with Crippen molar-refractivity contribution in [1.82, 2.24) is 4.90 Å². The van der Waals surface area contributed by atoms with Gasteiger partial charge >= 0.3 is 5.97 Å². The fourth-order valence-corrected chi connectivity index (χ4v) is 2.56. The highest BCUT2D eigenvalue weighted by Crippen LogP contribution is 2.18. The lowest BCUT2D eigenvalue weighted by Gasteiger charge is -2.28. The molecule has 0 saturated heterocycles. The van der Waals surface area contributed by atoms with Crippen LogP contribution in [0.15, 0.2) is 48.8 Å². The lowest BCUT2D eigenvalue weighted by Crippen LogP contribution is -2.38. The largest absolute Gasteiger partial charge is 0.619 e. The Labute approximate surface area is 133 Å². The van der Waals surface area contributed by atoms with Crippen molar-refractivity contribution in [2.24, 2.45) is 0 Å². The van der Waals surface area contributed by atoms with Crippen LogP contribution < -0.4 is 4.73 Å². The van der Waals surface area contributed by atoms with Crippen LogP contribution in [0.4, 0.5) is 0 Å². The molecule has 0 N–H and O–H groups in total. The Morgan fingerprint density at radius 2 is 1.83 bits per heavy atom. The van der Waals surface area contributed by atoms with E-state index in [0.29, 0.717) is 17.8 Å². The Bertz CT molecular complexity index is 728. The zero-order valence-corrected chi connectivity index (χ0v) is 12.5. The number of pyridine rings is 1. The third-order valence-corrected chi connectivity index (χ3v) is 3.85. The second-order valence-electron chi connectivity index (χ2n) is 5.36. The molecule has 1 aromatic heterocycles.